The smallest absolute Gasteiger partial charge is 0.262 e. The number of nitrogens with one attached hydrogen (secondary N) is 1. The fourth-order valence-corrected chi connectivity index (χ4v) is 3.41. The molecule has 2 aromatic carbocycles. The number of carbonyl (C=O) groups excluding carboxylic acids is 2. The van der Waals surface area contributed by atoms with Gasteiger partial charge in [0.2, 0.25) is 0 Å². The number of anilines is 1. The average molecular weight is 447 g/mol. The summed E-state index contributed by atoms with van der Waals surface area (Å²) in [5.41, 5.74) is 2.40. The van der Waals surface area contributed by atoms with E-state index in [2.05, 4.69) is 28.2 Å². The molecule has 0 unspecified atom stereocenters. The predicted molar refractivity (Wildman–Crippen MR) is 111 cm³/mol. The number of morpholine rings is 1. The van der Waals surface area contributed by atoms with Crippen molar-refractivity contribution in [3.8, 4) is 5.75 Å². The SMILES string of the molecule is CCc1ccc(OCC(=O)Nc2ccc(C(=O)N3CCOCC3)cc2)c(Br)c1. The maximum absolute atomic E-state index is 12.4. The normalized spacial score (nSPS) is 13.9. The minimum atomic E-state index is -0.265. The van der Waals surface area contributed by atoms with Gasteiger partial charge in [-0.1, -0.05) is 13.0 Å². The topological polar surface area (TPSA) is 67.9 Å². The number of hydrogen-bond donors (Lipinski definition) is 1. The van der Waals surface area contributed by atoms with E-state index in [9.17, 15) is 9.59 Å². The van der Waals surface area contributed by atoms with Gasteiger partial charge >= 0.3 is 0 Å². The molecule has 0 bridgehead atoms. The van der Waals surface area contributed by atoms with Gasteiger partial charge in [-0.25, -0.2) is 0 Å². The summed E-state index contributed by atoms with van der Waals surface area (Å²) in [5.74, 6) is 0.336. The van der Waals surface area contributed by atoms with Crippen molar-refractivity contribution in [2.24, 2.45) is 0 Å². The molecule has 3 rings (SSSR count). The third kappa shape index (κ3) is 5.33. The number of ether oxygens (including phenoxy) is 2. The van der Waals surface area contributed by atoms with Gasteiger partial charge in [-0.2, -0.15) is 0 Å². The molecule has 0 aliphatic carbocycles. The molecule has 148 valence electrons. The Morgan fingerprint density at radius 2 is 1.86 bits per heavy atom. The molecule has 0 radical (unpaired) electrons. The highest BCUT2D eigenvalue weighted by molar-refractivity contribution is 9.10. The van der Waals surface area contributed by atoms with Gasteiger partial charge in [0.15, 0.2) is 6.61 Å². The molecule has 2 aromatic rings. The summed E-state index contributed by atoms with van der Waals surface area (Å²) in [4.78, 5) is 26.3. The maximum atomic E-state index is 12.4. The number of nitrogens with zero attached hydrogens (tertiary/aromatic N) is 1. The van der Waals surface area contributed by atoms with Crippen LogP contribution in [0.25, 0.3) is 0 Å². The van der Waals surface area contributed by atoms with Crippen molar-refractivity contribution in [1.29, 1.82) is 0 Å². The van der Waals surface area contributed by atoms with Gasteiger partial charge in [0.25, 0.3) is 11.8 Å². The minimum absolute atomic E-state index is 0.0233. The molecule has 0 atom stereocenters. The first-order chi connectivity index (χ1) is 13.6. The van der Waals surface area contributed by atoms with Crippen LogP contribution < -0.4 is 10.1 Å². The number of benzene rings is 2. The van der Waals surface area contributed by atoms with E-state index < -0.39 is 0 Å². The van der Waals surface area contributed by atoms with Gasteiger partial charge in [0.05, 0.1) is 17.7 Å². The fraction of sp³-hybridized carbons (Fsp3) is 0.333. The van der Waals surface area contributed by atoms with Crippen LogP contribution in [0.1, 0.15) is 22.8 Å². The third-order valence-electron chi connectivity index (χ3n) is 4.48. The summed E-state index contributed by atoms with van der Waals surface area (Å²) in [6.07, 6.45) is 0.934. The van der Waals surface area contributed by atoms with Gasteiger partial charge in [-0.3, -0.25) is 9.59 Å². The largest absolute Gasteiger partial charge is 0.483 e. The second kappa shape index (κ2) is 9.71. The third-order valence-corrected chi connectivity index (χ3v) is 5.10. The fourth-order valence-electron chi connectivity index (χ4n) is 2.87. The second-order valence-electron chi connectivity index (χ2n) is 6.44. The molecule has 1 N–H and O–H groups in total. The Morgan fingerprint density at radius 1 is 1.14 bits per heavy atom. The van der Waals surface area contributed by atoms with Crippen LogP contribution in [0.3, 0.4) is 0 Å². The second-order valence-corrected chi connectivity index (χ2v) is 7.29. The number of aryl methyl sites for hydroxylation is 1. The summed E-state index contributed by atoms with van der Waals surface area (Å²) < 4.78 is 11.7. The van der Waals surface area contributed by atoms with Crippen LogP contribution >= 0.6 is 15.9 Å². The van der Waals surface area contributed by atoms with E-state index >= 15 is 0 Å². The summed E-state index contributed by atoms with van der Waals surface area (Å²) in [6.45, 7) is 4.31. The van der Waals surface area contributed by atoms with Crippen molar-refractivity contribution in [3.05, 3.63) is 58.1 Å². The summed E-state index contributed by atoms with van der Waals surface area (Å²) >= 11 is 3.46. The van der Waals surface area contributed by atoms with Gasteiger partial charge in [-0.15, -0.1) is 0 Å². The molecule has 0 spiro atoms. The Hall–Kier alpha value is -2.38. The maximum Gasteiger partial charge on any atom is 0.262 e. The van der Waals surface area contributed by atoms with Gasteiger partial charge in [0.1, 0.15) is 5.75 Å². The van der Waals surface area contributed by atoms with Crippen molar-refractivity contribution in [2.45, 2.75) is 13.3 Å². The van der Waals surface area contributed by atoms with Crippen LogP contribution in [0, 0.1) is 0 Å². The molecule has 1 aliphatic rings. The van der Waals surface area contributed by atoms with Gasteiger partial charge in [-0.05, 0) is 64.3 Å². The average Bonchev–Trinajstić information content (AvgIpc) is 2.73. The Kier molecular flexibility index (Phi) is 7.06. The van der Waals surface area contributed by atoms with Crippen LogP contribution in [0.2, 0.25) is 0 Å². The lowest BCUT2D eigenvalue weighted by atomic mass is 10.1. The van der Waals surface area contributed by atoms with Crippen LogP contribution in [-0.4, -0.2) is 49.6 Å². The monoisotopic (exact) mass is 446 g/mol. The summed E-state index contributed by atoms with van der Waals surface area (Å²) in [5, 5.41) is 2.78. The van der Waals surface area contributed by atoms with Crippen LogP contribution in [0.5, 0.6) is 5.75 Å². The molecule has 0 saturated carbocycles. The molecular formula is C21H23BrN2O4. The Morgan fingerprint density at radius 3 is 2.50 bits per heavy atom. The van der Waals surface area contributed by atoms with Crippen molar-refractivity contribution in [2.75, 3.05) is 38.2 Å². The van der Waals surface area contributed by atoms with E-state index in [4.69, 9.17) is 9.47 Å². The quantitative estimate of drug-likeness (QED) is 0.736. The van der Waals surface area contributed by atoms with E-state index in [0.717, 1.165) is 10.9 Å². The first-order valence-electron chi connectivity index (χ1n) is 9.25. The molecule has 1 heterocycles. The molecule has 2 amide bonds. The predicted octanol–water partition coefficient (Wildman–Crippen LogP) is 3.50. The van der Waals surface area contributed by atoms with Crippen molar-refractivity contribution in [3.63, 3.8) is 0 Å². The minimum Gasteiger partial charge on any atom is -0.483 e. The molecule has 1 saturated heterocycles. The van der Waals surface area contributed by atoms with E-state index in [1.807, 2.05) is 18.2 Å². The lowest BCUT2D eigenvalue weighted by Crippen LogP contribution is -2.40. The van der Waals surface area contributed by atoms with Crippen LogP contribution in [0.4, 0.5) is 5.69 Å². The lowest BCUT2D eigenvalue weighted by molar-refractivity contribution is -0.118. The highest BCUT2D eigenvalue weighted by Gasteiger charge is 2.18. The molecule has 28 heavy (non-hydrogen) atoms. The number of rotatable bonds is 6. The van der Waals surface area contributed by atoms with E-state index in [1.54, 1.807) is 29.2 Å². The lowest BCUT2D eigenvalue weighted by Gasteiger charge is -2.26. The molecule has 1 aliphatic heterocycles. The molecular weight excluding hydrogens is 424 g/mol. The van der Waals surface area contributed by atoms with Gasteiger partial charge in [0, 0.05) is 24.3 Å². The zero-order valence-electron chi connectivity index (χ0n) is 15.7. The summed E-state index contributed by atoms with van der Waals surface area (Å²) in [6, 6.07) is 12.7. The number of hydrogen-bond acceptors (Lipinski definition) is 4. The Bertz CT molecular complexity index is 833. The van der Waals surface area contributed by atoms with Gasteiger partial charge < -0.3 is 19.7 Å². The molecule has 0 aromatic heterocycles. The Labute approximate surface area is 172 Å². The number of halogens is 1. The zero-order valence-corrected chi connectivity index (χ0v) is 17.3. The van der Waals surface area contributed by atoms with E-state index in [1.165, 1.54) is 5.56 Å². The van der Waals surface area contributed by atoms with Crippen LogP contribution in [0.15, 0.2) is 46.9 Å². The van der Waals surface area contributed by atoms with Crippen molar-refractivity contribution >= 4 is 33.4 Å². The Balaban J connectivity index is 1.52. The van der Waals surface area contributed by atoms with E-state index in [0.29, 0.717) is 43.3 Å². The number of carbonyl (C=O) groups is 2. The first-order valence-corrected chi connectivity index (χ1v) is 10.0. The standard InChI is InChI=1S/C21H23BrN2O4/c1-2-15-3-8-19(18(22)13-15)28-14-20(25)23-17-6-4-16(5-7-17)21(26)24-9-11-27-12-10-24/h3-8,13H,2,9-12,14H2,1H3,(H,23,25). The van der Waals surface area contributed by atoms with Crippen LogP contribution in [-0.2, 0) is 16.0 Å². The van der Waals surface area contributed by atoms with Crippen molar-refractivity contribution in [1.82, 2.24) is 4.90 Å². The molecule has 7 heteroatoms. The van der Waals surface area contributed by atoms with E-state index in [-0.39, 0.29) is 18.4 Å². The van der Waals surface area contributed by atoms with Crippen molar-refractivity contribution < 1.29 is 19.1 Å². The zero-order chi connectivity index (χ0) is 19.9. The number of amides is 2. The summed E-state index contributed by atoms with van der Waals surface area (Å²) in [7, 11) is 0. The molecule has 1 fully saturated rings. The molecule has 6 nitrogen and oxygen atoms in total. The highest BCUT2D eigenvalue weighted by atomic mass is 79.9. The highest BCUT2D eigenvalue weighted by Crippen LogP contribution is 2.26. The first kappa shape index (κ1) is 20.4.